The Bertz CT molecular complexity index is 1450. The maximum Gasteiger partial charge on any atom is 0.269 e. The minimum Gasteiger partial charge on any atom is -0.390 e. The highest BCUT2D eigenvalue weighted by atomic mass is 32.2. The number of rotatable bonds is 6. The van der Waals surface area contributed by atoms with Crippen LogP contribution in [0.15, 0.2) is 18.3 Å². The van der Waals surface area contributed by atoms with Crippen LogP contribution in [-0.2, 0) is 10.0 Å². The number of aliphatic hydroxyl groups excluding tert-OH is 1. The van der Waals surface area contributed by atoms with Crippen LogP contribution in [0.1, 0.15) is 31.3 Å². The summed E-state index contributed by atoms with van der Waals surface area (Å²) in [7, 11) is -3.48. The second-order valence-corrected chi connectivity index (χ2v) is 10.9. The van der Waals surface area contributed by atoms with Crippen molar-refractivity contribution in [3.63, 3.8) is 0 Å². The lowest BCUT2D eigenvalue weighted by atomic mass is 10.0. The van der Waals surface area contributed by atoms with Crippen molar-refractivity contribution >= 4 is 21.5 Å². The molecule has 1 saturated carbocycles. The Morgan fingerprint density at radius 2 is 1.78 bits per heavy atom. The zero-order chi connectivity index (χ0) is 25.9. The van der Waals surface area contributed by atoms with Gasteiger partial charge in [-0.25, -0.2) is 44.3 Å². The summed E-state index contributed by atoms with van der Waals surface area (Å²) in [6.07, 6.45) is -2.43. The van der Waals surface area contributed by atoms with Crippen molar-refractivity contribution in [3.05, 3.63) is 47.2 Å². The van der Waals surface area contributed by atoms with E-state index < -0.39 is 73.9 Å². The molecule has 194 valence electrons. The number of benzene rings is 1. The summed E-state index contributed by atoms with van der Waals surface area (Å²) in [4.78, 5) is 3.92. The van der Waals surface area contributed by atoms with Crippen LogP contribution >= 0.6 is 0 Å². The Balaban J connectivity index is 1.46. The average molecular weight is 535 g/mol. The molecule has 3 aromatic rings. The number of β-amino-alcohol motifs (C(OH)–C–C–N with tert-alkyl or cyclic N) is 1. The fraction of sp³-hybridized carbons (Fsp3) is 0.429. The first kappa shape index (κ1) is 24.8. The van der Waals surface area contributed by atoms with E-state index in [0.717, 1.165) is 10.7 Å². The van der Waals surface area contributed by atoms with E-state index in [-0.39, 0.29) is 37.0 Å². The highest BCUT2D eigenvalue weighted by Gasteiger charge is 2.43. The number of piperidine rings is 1. The molecule has 1 aliphatic carbocycles. The number of hydrogen-bond acceptors (Lipinski definition) is 6. The molecule has 2 atom stereocenters. The summed E-state index contributed by atoms with van der Waals surface area (Å²) >= 11 is 0. The van der Waals surface area contributed by atoms with Crippen LogP contribution in [0, 0.1) is 23.3 Å². The quantitative estimate of drug-likeness (QED) is 0.471. The van der Waals surface area contributed by atoms with Crippen molar-refractivity contribution in [2.45, 2.75) is 43.1 Å². The fourth-order valence-electron chi connectivity index (χ4n) is 4.28. The molecule has 2 fully saturated rings. The van der Waals surface area contributed by atoms with E-state index in [0.29, 0.717) is 18.9 Å². The van der Waals surface area contributed by atoms with Crippen molar-refractivity contribution in [1.82, 2.24) is 18.9 Å². The Morgan fingerprint density at radius 3 is 2.42 bits per heavy atom. The van der Waals surface area contributed by atoms with Crippen molar-refractivity contribution in [1.29, 1.82) is 0 Å². The normalized spacial score (nSPS) is 21.4. The molecular weight excluding hydrogens is 516 g/mol. The molecular formula is C21H19F6N5O3S. The summed E-state index contributed by atoms with van der Waals surface area (Å²) in [6, 6.07) is 0.0253. The van der Waals surface area contributed by atoms with Gasteiger partial charge in [-0.3, -0.25) is 0 Å². The van der Waals surface area contributed by atoms with E-state index in [2.05, 4.69) is 15.4 Å². The number of alkyl halides is 2. The number of nitrogens with zero attached hydrogens (tertiary/aromatic N) is 4. The third-order valence-corrected chi connectivity index (χ3v) is 8.68. The lowest BCUT2D eigenvalue weighted by molar-refractivity contribution is 0.0946. The molecule has 2 aromatic heterocycles. The van der Waals surface area contributed by atoms with Crippen LogP contribution in [0.4, 0.5) is 32.3 Å². The predicted octanol–water partition coefficient (Wildman–Crippen LogP) is 3.23. The summed E-state index contributed by atoms with van der Waals surface area (Å²) in [6.45, 7) is -0.0356. The van der Waals surface area contributed by atoms with Crippen molar-refractivity contribution in [2.24, 2.45) is 0 Å². The van der Waals surface area contributed by atoms with Crippen LogP contribution < -0.4 is 5.32 Å². The Hall–Kier alpha value is -2.91. The van der Waals surface area contributed by atoms with Crippen LogP contribution in [0.5, 0.6) is 0 Å². The number of nitrogens with one attached hydrogen (secondary N) is 1. The topological polar surface area (TPSA) is 99.8 Å². The van der Waals surface area contributed by atoms with E-state index in [1.807, 2.05) is 0 Å². The van der Waals surface area contributed by atoms with Crippen LogP contribution in [0.2, 0.25) is 0 Å². The number of hydrogen-bond donors (Lipinski definition) is 2. The first-order chi connectivity index (χ1) is 17.0. The number of aliphatic hydroxyl groups is 1. The standard InChI is InChI=1S/C21H19F6N5O3S/c22-10-6-14(17-11(23)5-12(24)18(19(17)25)20(26)27)32-15(10)7-28-21(30-32)29-13-3-4-31(8-16(13)33)36(34,35)9-1-2-9/h5-7,9,13,16,20,33H,1-4,8H2,(H,29,30)/t13-,16-/m1/s1. The van der Waals surface area contributed by atoms with Gasteiger partial charge in [0.1, 0.15) is 23.0 Å². The number of aromatic nitrogens is 3. The molecule has 15 heteroatoms. The van der Waals surface area contributed by atoms with Gasteiger partial charge >= 0.3 is 0 Å². The smallest absolute Gasteiger partial charge is 0.269 e. The average Bonchev–Trinajstić information content (AvgIpc) is 3.61. The highest BCUT2D eigenvalue weighted by Crippen LogP contribution is 2.36. The molecule has 0 unspecified atom stereocenters. The molecule has 8 nitrogen and oxygen atoms in total. The minimum absolute atomic E-state index is 0.0807. The maximum atomic E-state index is 14.7. The van der Waals surface area contributed by atoms with E-state index in [1.54, 1.807) is 0 Å². The van der Waals surface area contributed by atoms with Crippen molar-refractivity contribution < 1.29 is 39.9 Å². The SMILES string of the molecule is O=S(=O)(C1CC1)N1CC[C@@H](Nc2ncc3c(F)cc(-c4c(F)cc(F)c(C(F)F)c4F)n3n2)[C@H](O)C1. The molecule has 1 aromatic carbocycles. The molecule has 3 heterocycles. The van der Waals surface area contributed by atoms with E-state index >= 15 is 0 Å². The maximum absolute atomic E-state index is 14.7. The zero-order valence-electron chi connectivity index (χ0n) is 18.3. The molecule has 0 bridgehead atoms. The summed E-state index contributed by atoms with van der Waals surface area (Å²) in [5.41, 5.74) is -3.71. The van der Waals surface area contributed by atoms with Gasteiger partial charge in [0.05, 0.1) is 40.4 Å². The number of fused-ring (bicyclic) bond motifs is 1. The molecule has 5 rings (SSSR count). The highest BCUT2D eigenvalue weighted by molar-refractivity contribution is 7.90. The molecule has 36 heavy (non-hydrogen) atoms. The van der Waals surface area contributed by atoms with Crippen LogP contribution in [0.25, 0.3) is 16.8 Å². The second-order valence-electron chi connectivity index (χ2n) is 8.71. The Kier molecular flexibility index (Phi) is 6.11. The largest absolute Gasteiger partial charge is 0.390 e. The first-order valence-corrected chi connectivity index (χ1v) is 12.4. The van der Waals surface area contributed by atoms with Crippen LogP contribution in [-0.4, -0.2) is 62.9 Å². The van der Waals surface area contributed by atoms with Gasteiger partial charge in [0, 0.05) is 25.2 Å². The molecule has 1 aliphatic heterocycles. The Morgan fingerprint density at radius 1 is 1.06 bits per heavy atom. The predicted molar refractivity (Wildman–Crippen MR) is 115 cm³/mol. The first-order valence-electron chi connectivity index (χ1n) is 10.9. The summed E-state index contributed by atoms with van der Waals surface area (Å²) in [5, 5.41) is 16.8. The summed E-state index contributed by atoms with van der Waals surface area (Å²) < 4.78 is 111. The molecule has 0 radical (unpaired) electrons. The van der Waals surface area contributed by atoms with Crippen LogP contribution in [0.3, 0.4) is 0 Å². The van der Waals surface area contributed by atoms with E-state index in [9.17, 15) is 39.9 Å². The van der Waals surface area contributed by atoms with Gasteiger partial charge in [-0.15, -0.1) is 5.10 Å². The van der Waals surface area contributed by atoms with Gasteiger partial charge in [0.25, 0.3) is 6.43 Å². The third kappa shape index (κ3) is 4.18. The molecule has 1 saturated heterocycles. The Labute approximate surface area is 200 Å². The van der Waals surface area contributed by atoms with E-state index in [1.165, 1.54) is 4.31 Å². The lowest BCUT2D eigenvalue weighted by Gasteiger charge is -2.35. The molecule has 2 N–H and O–H groups in total. The number of halogens is 6. The minimum atomic E-state index is -3.59. The van der Waals surface area contributed by atoms with Gasteiger partial charge in [0.2, 0.25) is 16.0 Å². The summed E-state index contributed by atoms with van der Waals surface area (Å²) in [5.74, 6) is -6.45. The fourth-order valence-corrected chi connectivity index (χ4v) is 6.16. The second kappa shape index (κ2) is 8.88. The third-order valence-electron chi connectivity index (χ3n) is 6.31. The molecule has 0 amide bonds. The van der Waals surface area contributed by atoms with Crippen molar-refractivity contribution in [3.8, 4) is 11.3 Å². The van der Waals surface area contributed by atoms with Crippen molar-refractivity contribution in [2.75, 3.05) is 18.4 Å². The van der Waals surface area contributed by atoms with Gasteiger partial charge < -0.3 is 10.4 Å². The lowest BCUT2D eigenvalue weighted by Crippen LogP contribution is -2.52. The molecule has 2 aliphatic rings. The van der Waals surface area contributed by atoms with Gasteiger partial charge in [-0.2, -0.15) is 4.31 Å². The number of sulfonamides is 1. The van der Waals surface area contributed by atoms with Gasteiger partial charge in [-0.05, 0) is 19.3 Å². The van der Waals surface area contributed by atoms with Gasteiger partial charge in [0.15, 0.2) is 5.82 Å². The van der Waals surface area contributed by atoms with Gasteiger partial charge in [-0.1, -0.05) is 0 Å². The number of anilines is 1. The zero-order valence-corrected chi connectivity index (χ0v) is 19.1. The monoisotopic (exact) mass is 535 g/mol. The van der Waals surface area contributed by atoms with E-state index in [4.69, 9.17) is 0 Å². The molecule has 0 spiro atoms.